The lowest BCUT2D eigenvalue weighted by molar-refractivity contribution is -0.132. The summed E-state index contributed by atoms with van der Waals surface area (Å²) in [6.45, 7) is 1.74. The molecule has 1 rings (SSSR count). The van der Waals surface area contributed by atoms with Gasteiger partial charge in [0, 0.05) is 16.6 Å². The molecule has 0 unspecified atom stereocenters. The van der Waals surface area contributed by atoms with E-state index in [1.54, 1.807) is 6.92 Å². The summed E-state index contributed by atoms with van der Waals surface area (Å²) in [5.41, 5.74) is -0.0734. The fourth-order valence-electron chi connectivity index (χ4n) is 1.37. The van der Waals surface area contributed by atoms with Gasteiger partial charge in [0.05, 0.1) is 0 Å². The van der Waals surface area contributed by atoms with E-state index in [0.717, 1.165) is 12.1 Å². The van der Waals surface area contributed by atoms with Crippen molar-refractivity contribution in [3.05, 3.63) is 39.9 Å². The SMILES string of the molecule is CCC(=CCNc1c(F)cc(Br)cc1F)C(=O)O. The lowest BCUT2D eigenvalue weighted by Gasteiger charge is -2.07. The van der Waals surface area contributed by atoms with Gasteiger partial charge in [-0.3, -0.25) is 0 Å². The largest absolute Gasteiger partial charge is 0.478 e. The summed E-state index contributed by atoms with van der Waals surface area (Å²) in [7, 11) is 0. The Balaban J connectivity index is 2.78. The quantitative estimate of drug-likeness (QED) is 0.816. The van der Waals surface area contributed by atoms with Crippen LogP contribution in [-0.2, 0) is 4.79 Å². The molecular weight excluding hydrogens is 308 g/mol. The van der Waals surface area contributed by atoms with E-state index in [9.17, 15) is 13.6 Å². The van der Waals surface area contributed by atoms with Crippen molar-refractivity contribution in [2.75, 3.05) is 11.9 Å². The van der Waals surface area contributed by atoms with Crippen LogP contribution in [0.1, 0.15) is 13.3 Å². The van der Waals surface area contributed by atoms with E-state index >= 15 is 0 Å². The van der Waals surface area contributed by atoms with E-state index in [0.29, 0.717) is 10.9 Å². The summed E-state index contributed by atoms with van der Waals surface area (Å²) < 4.78 is 27.1. The number of aliphatic carboxylic acids is 1. The molecule has 0 aliphatic carbocycles. The highest BCUT2D eigenvalue weighted by Gasteiger charge is 2.10. The summed E-state index contributed by atoms with van der Waals surface area (Å²) in [6.07, 6.45) is 1.74. The van der Waals surface area contributed by atoms with Crippen LogP contribution in [0, 0.1) is 11.6 Å². The summed E-state index contributed by atoms with van der Waals surface area (Å²) in [5, 5.41) is 11.3. The topological polar surface area (TPSA) is 49.3 Å². The van der Waals surface area contributed by atoms with Gasteiger partial charge in [0.1, 0.15) is 17.3 Å². The van der Waals surface area contributed by atoms with Crippen molar-refractivity contribution in [1.82, 2.24) is 0 Å². The number of rotatable bonds is 5. The molecule has 0 atom stereocenters. The number of carboxylic acid groups (broad SMARTS) is 1. The Morgan fingerprint density at radius 3 is 2.44 bits per heavy atom. The van der Waals surface area contributed by atoms with Gasteiger partial charge in [-0.25, -0.2) is 13.6 Å². The molecule has 0 aliphatic rings. The van der Waals surface area contributed by atoms with E-state index in [1.165, 1.54) is 6.08 Å². The van der Waals surface area contributed by atoms with Gasteiger partial charge in [-0.15, -0.1) is 0 Å². The second kappa shape index (κ2) is 6.49. The third-order valence-electron chi connectivity index (χ3n) is 2.29. The monoisotopic (exact) mass is 319 g/mol. The van der Waals surface area contributed by atoms with Gasteiger partial charge >= 0.3 is 5.97 Å². The molecule has 3 nitrogen and oxygen atoms in total. The Labute approximate surface area is 112 Å². The van der Waals surface area contributed by atoms with E-state index in [1.807, 2.05) is 0 Å². The maximum absolute atomic E-state index is 13.4. The number of benzene rings is 1. The Bertz CT molecular complexity index is 466. The third kappa shape index (κ3) is 3.80. The molecule has 2 N–H and O–H groups in total. The van der Waals surface area contributed by atoms with E-state index in [-0.39, 0.29) is 17.8 Å². The Hall–Kier alpha value is -1.43. The van der Waals surface area contributed by atoms with Crippen LogP contribution < -0.4 is 5.32 Å². The number of carbonyl (C=O) groups is 1. The van der Waals surface area contributed by atoms with Crippen LogP contribution in [0.3, 0.4) is 0 Å². The van der Waals surface area contributed by atoms with Crippen LogP contribution in [0.5, 0.6) is 0 Å². The van der Waals surface area contributed by atoms with Gasteiger partial charge < -0.3 is 10.4 Å². The fourth-order valence-corrected chi connectivity index (χ4v) is 1.77. The number of anilines is 1. The molecule has 0 saturated carbocycles. The first-order chi connectivity index (χ1) is 8.45. The number of hydrogen-bond acceptors (Lipinski definition) is 2. The first kappa shape index (κ1) is 14.6. The van der Waals surface area contributed by atoms with E-state index in [2.05, 4.69) is 21.2 Å². The fraction of sp³-hybridized carbons (Fsp3) is 0.250. The molecule has 0 amide bonds. The molecular formula is C12H12BrF2NO2. The minimum absolute atomic E-state index is 0.0466. The van der Waals surface area contributed by atoms with Crippen molar-refractivity contribution in [3.63, 3.8) is 0 Å². The number of hydrogen-bond donors (Lipinski definition) is 2. The highest BCUT2D eigenvalue weighted by molar-refractivity contribution is 9.10. The zero-order chi connectivity index (χ0) is 13.7. The molecule has 1 aromatic rings. The molecule has 0 heterocycles. The molecule has 1 aromatic carbocycles. The molecule has 0 aromatic heterocycles. The number of halogens is 3. The predicted molar refractivity (Wildman–Crippen MR) is 68.6 cm³/mol. The molecule has 0 bridgehead atoms. The Morgan fingerprint density at radius 2 is 2.00 bits per heavy atom. The van der Waals surface area contributed by atoms with Crippen LogP contribution in [0.2, 0.25) is 0 Å². The van der Waals surface area contributed by atoms with E-state index < -0.39 is 17.6 Å². The molecule has 0 radical (unpaired) electrons. The second-order valence-electron chi connectivity index (χ2n) is 3.51. The zero-order valence-corrected chi connectivity index (χ0v) is 11.2. The second-order valence-corrected chi connectivity index (χ2v) is 4.43. The summed E-state index contributed by atoms with van der Waals surface area (Å²) >= 11 is 2.97. The average molecular weight is 320 g/mol. The van der Waals surface area contributed by atoms with Crippen LogP contribution in [0.15, 0.2) is 28.3 Å². The molecule has 0 saturated heterocycles. The standard InChI is InChI=1S/C12H12BrF2NO2/c1-2-7(12(17)18)3-4-16-11-9(14)5-8(13)6-10(11)15/h3,5-6,16H,2,4H2,1H3,(H,17,18). The highest BCUT2D eigenvalue weighted by atomic mass is 79.9. The molecule has 0 aliphatic heterocycles. The average Bonchev–Trinajstić information content (AvgIpc) is 2.26. The zero-order valence-electron chi connectivity index (χ0n) is 9.64. The molecule has 0 spiro atoms. The molecule has 98 valence electrons. The maximum Gasteiger partial charge on any atom is 0.331 e. The van der Waals surface area contributed by atoms with Crippen LogP contribution >= 0.6 is 15.9 Å². The summed E-state index contributed by atoms with van der Waals surface area (Å²) in [6, 6.07) is 2.26. The van der Waals surface area contributed by atoms with Crippen molar-refractivity contribution in [1.29, 1.82) is 0 Å². The van der Waals surface area contributed by atoms with Crippen molar-refractivity contribution >= 4 is 27.6 Å². The van der Waals surface area contributed by atoms with Gasteiger partial charge in [0.15, 0.2) is 0 Å². The van der Waals surface area contributed by atoms with Gasteiger partial charge in [0.25, 0.3) is 0 Å². The summed E-state index contributed by atoms with van der Waals surface area (Å²) in [5.74, 6) is -2.50. The lowest BCUT2D eigenvalue weighted by Crippen LogP contribution is -2.07. The smallest absolute Gasteiger partial charge is 0.331 e. The van der Waals surface area contributed by atoms with E-state index in [4.69, 9.17) is 5.11 Å². The van der Waals surface area contributed by atoms with Crippen molar-refractivity contribution < 1.29 is 18.7 Å². The van der Waals surface area contributed by atoms with Crippen LogP contribution in [0.4, 0.5) is 14.5 Å². The first-order valence-electron chi connectivity index (χ1n) is 5.26. The van der Waals surface area contributed by atoms with Gasteiger partial charge in [-0.2, -0.15) is 0 Å². The Morgan fingerprint density at radius 1 is 1.44 bits per heavy atom. The molecule has 0 fully saturated rings. The van der Waals surface area contributed by atoms with Crippen LogP contribution in [0.25, 0.3) is 0 Å². The number of carboxylic acids is 1. The maximum atomic E-state index is 13.4. The summed E-state index contributed by atoms with van der Waals surface area (Å²) in [4.78, 5) is 10.7. The van der Waals surface area contributed by atoms with Crippen molar-refractivity contribution in [2.45, 2.75) is 13.3 Å². The van der Waals surface area contributed by atoms with Crippen molar-refractivity contribution in [3.8, 4) is 0 Å². The first-order valence-corrected chi connectivity index (χ1v) is 6.05. The van der Waals surface area contributed by atoms with Gasteiger partial charge in [0.2, 0.25) is 0 Å². The molecule has 18 heavy (non-hydrogen) atoms. The van der Waals surface area contributed by atoms with Gasteiger partial charge in [-0.05, 0) is 18.6 Å². The lowest BCUT2D eigenvalue weighted by atomic mass is 10.2. The normalized spacial score (nSPS) is 11.4. The predicted octanol–water partition coefficient (Wildman–Crippen LogP) is 3.56. The van der Waals surface area contributed by atoms with Crippen LogP contribution in [-0.4, -0.2) is 17.6 Å². The van der Waals surface area contributed by atoms with Crippen molar-refractivity contribution in [2.24, 2.45) is 0 Å². The molecule has 6 heteroatoms. The Kier molecular flexibility index (Phi) is 5.27. The minimum Gasteiger partial charge on any atom is -0.478 e. The third-order valence-corrected chi connectivity index (χ3v) is 2.75. The number of nitrogens with one attached hydrogen (secondary N) is 1. The highest BCUT2D eigenvalue weighted by Crippen LogP contribution is 2.23. The van der Waals surface area contributed by atoms with Gasteiger partial charge in [-0.1, -0.05) is 28.9 Å². The minimum atomic E-state index is -1.03.